The molecule has 2 saturated carbocycles. The molecule has 0 spiro atoms. The van der Waals surface area contributed by atoms with Crippen LogP contribution in [-0.4, -0.2) is 52.7 Å². The molecule has 4 nitrogen and oxygen atoms in total. The zero-order valence-corrected chi connectivity index (χ0v) is 33.8. The quantitative estimate of drug-likeness (QED) is 0.113. The number of hydrogen-bond donors (Lipinski definition) is 0. The highest BCUT2D eigenvalue weighted by atomic mass is 127. The van der Waals surface area contributed by atoms with Crippen LogP contribution in [0.1, 0.15) is 100 Å². The van der Waals surface area contributed by atoms with Crippen molar-refractivity contribution in [2.24, 2.45) is 23.2 Å². The minimum absolute atomic E-state index is 0.00518. The van der Waals surface area contributed by atoms with Gasteiger partial charge in [-0.1, -0.05) is 89.6 Å². The van der Waals surface area contributed by atoms with Crippen LogP contribution in [0.3, 0.4) is 0 Å². The fourth-order valence-electron chi connectivity index (χ4n) is 8.11. The first-order valence-corrected chi connectivity index (χ1v) is 25.7. The number of fused-ring (bicyclic) bond motifs is 1. The van der Waals surface area contributed by atoms with Crippen LogP contribution in [-0.2, 0) is 18.7 Å². The summed E-state index contributed by atoms with van der Waals surface area (Å²) in [5.41, 5.74) is 3.91. The molecule has 7 atom stereocenters. The lowest BCUT2D eigenvalue weighted by atomic mass is 9.61. The van der Waals surface area contributed by atoms with E-state index in [1.54, 1.807) is 0 Å². The standard InChI is InChI=1S/C34H61IO4SSi2/c1-23(21-35)28-15-16-29-24(14-13-17-34(28,29)8)18-31-26-19-25(38-41(9,10)32(2,3)4)20-30(27(26)22-40(31,36)37)39-42(11,12)33(5,6)7/h18,23,25,28-31H,13-17,19-22H2,1-12H3/b24-18+/t23-,25-,28-,29+,30+,31?,34-/m1/s1. The van der Waals surface area contributed by atoms with Gasteiger partial charge in [0.1, 0.15) is 5.25 Å². The van der Waals surface area contributed by atoms with E-state index in [0.29, 0.717) is 17.3 Å². The molecule has 0 aromatic rings. The first kappa shape index (κ1) is 35.4. The SMILES string of the molecule is C[C@H](CI)[C@H]1CC[C@H]2/C(=C/C3C4=C(CS3(=O)=O)[C@@H](O[Si](C)(C)C(C)(C)C)C[C@H](O[Si](C)(C)C(C)(C)C)C4)CCC[C@]12C. The zero-order chi connectivity index (χ0) is 31.7. The molecule has 242 valence electrons. The molecule has 0 radical (unpaired) electrons. The maximum atomic E-state index is 14.1. The number of sulfone groups is 1. The van der Waals surface area contributed by atoms with Gasteiger partial charge in [0.15, 0.2) is 26.5 Å². The van der Waals surface area contributed by atoms with Crippen molar-refractivity contribution in [2.45, 2.75) is 154 Å². The number of halogens is 1. The Kier molecular flexibility index (Phi) is 10.1. The fourth-order valence-corrected chi connectivity index (χ4v) is 13.4. The summed E-state index contributed by atoms with van der Waals surface area (Å²) in [6, 6.07) is 0. The van der Waals surface area contributed by atoms with E-state index >= 15 is 0 Å². The fraction of sp³-hybridized carbons (Fsp3) is 0.882. The molecule has 1 unspecified atom stereocenters. The number of hydrogen-bond acceptors (Lipinski definition) is 4. The first-order valence-electron chi connectivity index (χ1n) is 16.6. The minimum Gasteiger partial charge on any atom is -0.414 e. The Hall–Kier alpha value is 0.514. The summed E-state index contributed by atoms with van der Waals surface area (Å²) in [4.78, 5) is 0. The lowest BCUT2D eigenvalue weighted by Crippen LogP contribution is -2.49. The summed E-state index contributed by atoms with van der Waals surface area (Å²) in [6.45, 7) is 27.9. The number of rotatable bonds is 7. The molecule has 4 rings (SSSR count). The Labute approximate surface area is 275 Å². The van der Waals surface area contributed by atoms with Gasteiger partial charge in [0.05, 0.1) is 18.0 Å². The Morgan fingerprint density at radius 3 is 2.17 bits per heavy atom. The second-order valence-electron chi connectivity index (χ2n) is 17.6. The van der Waals surface area contributed by atoms with Crippen molar-refractivity contribution in [1.82, 2.24) is 0 Å². The van der Waals surface area contributed by atoms with Gasteiger partial charge in [-0.15, -0.1) is 0 Å². The average molecular weight is 749 g/mol. The third kappa shape index (κ3) is 6.65. The Balaban J connectivity index is 1.74. The summed E-state index contributed by atoms with van der Waals surface area (Å²) < 4.78 is 43.5. The van der Waals surface area contributed by atoms with Crippen molar-refractivity contribution < 1.29 is 17.3 Å². The zero-order valence-electron chi connectivity index (χ0n) is 28.8. The van der Waals surface area contributed by atoms with Crippen molar-refractivity contribution in [3.8, 4) is 0 Å². The molecule has 0 amide bonds. The van der Waals surface area contributed by atoms with Gasteiger partial charge in [0.25, 0.3) is 0 Å². The van der Waals surface area contributed by atoms with Crippen molar-refractivity contribution in [2.75, 3.05) is 10.2 Å². The Morgan fingerprint density at radius 2 is 1.60 bits per heavy atom. The molecule has 1 aliphatic heterocycles. The van der Waals surface area contributed by atoms with Crippen molar-refractivity contribution in [1.29, 1.82) is 0 Å². The molecule has 42 heavy (non-hydrogen) atoms. The summed E-state index contributed by atoms with van der Waals surface area (Å²) in [7, 11) is -7.50. The van der Waals surface area contributed by atoms with Gasteiger partial charge < -0.3 is 8.85 Å². The predicted octanol–water partition coefficient (Wildman–Crippen LogP) is 9.87. The average Bonchev–Trinajstić information content (AvgIpc) is 3.31. The summed E-state index contributed by atoms with van der Waals surface area (Å²) in [5.74, 6) is 2.12. The van der Waals surface area contributed by atoms with Gasteiger partial charge in [0.2, 0.25) is 0 Å². The third-order valence-corrected chi connectivity index (χ3v) is 25.0. The lowest BCUT2D eigenvalue weighted by Gasteiger charge is -2.45. The summed E-state index contributed by atoms with van der Waals surface area (Å²) >= 11 is 2.56. The van der Waals surface area contributed by atoms with E-state index in [9.17, 15) is 8.42 Å². The van der Waals surface area contributed by atoms with Gasteiger partial charge in [0, 0.05) is 10.8 Å². The van der Waals surface area contributed by atoms with E-state index in [-0.39, 0.29) is 28.0 Å². The molecule has 0 bridgehead atoms. The largest absolute Gasteiger partial charge is 0.414 e. The second-order valence-corrected chi connectivity index (χ2v) is 30.1. The van der Waals surface area contributed by atoms with Gasteiger partial charge in [-0.25, -0.2) is 8.42 Å². The molecule has 8 heteroatoms. The van der Waals surface area contributed by atoms with Crippen LogP contribution in [0.5, 0.6) is 0 Å². The monoisotopic (exact) mass is 748 g/mol. The highest BCUT2D eigenvalue weighted by molar-refractivity contribution is 14.1. The topological polar surface area (TPSA) is 52.6 Å². The highest BCUT2D eigenvalue weighted by Crippen LogP contribution is 2.60. The molecule has 0 aromatic carbocycles. The number of allylic oxidation sites excluding steroid dienone is 1. The van der Waals surface area contributed by atoms with Crippen LogP contribution in [0.2, 0.25) is 36.3 Å². The van der Waals surface area contributed by atoms with Crippen LogP contribution in [0.4, 0.5) is 0 Å². The molecule has 1 heterocycles. The number of alkyl halides is 1. The van der Waals surface area contributed by atoms with Crippen LogP contribution in [0.25, 0.3) is 0 Å². The Morgan fingerprint density at radius 1 is 1.00 bits per heavy atom. The maximum Gasteiger partial charge on any atom is 0.192 e. The van der Waals surface area contributed by atoms with E-state index in [0.717, 1.165) is 36.3 Å². The smallest absolute Gasteiger partial charge is 0.192 e. The Bertz CT molecular complexity index is 1190. The molecule has 0 aromatic heterocycles. The van der Waals surface area contributed by atoms with Gasteiger partial charge in [-0.05, 0) is 109 Å². The first-order chi connectivity index (χ1) is 19.0. The van der Waals surface area contributed by atoms with Crippen molar-refractivity contribution >= 4 is 49.1 Å². The molecular formula is C34H61IO4SSi2. The van der Waals surface area contributed by atoms with Crippen LogP contribution >= 0.6 is 22.6 Å². The molecule has 2 fully saturated rings. The van der Waals surface area contributed by atoms with Gasteiger partial charge in [-0.2, -0.15) is 0 Å². The maximum absolute atomic E-state index is 14.1. The van der Waals surface area contributed by atoms with E-state index in [4.69, 9.17) is 8.85 Å². The summed E-state index contributed by atoms with van der Waals surface area (Å²) in [6.07, 6.45) is 9.58. The molecule has 0 N–H and O–H groups in total. The molecule has 3 aliphatic carbocycles. The van der Waals surface area contributed by atoms with Gasteiger partial charge in [-0.3, -0.25) is 0 Å². The molecule has 0 saturated heterocycles. The van der Waals surface area contributed by atoms with Crippen molar-refractivity contribution in [3.63, 3.8) is 0 Å². The van der Waals surface area contributed by atoms with Gasteiger partial charge >= 0.3 is 0 Å². The van der Waals surface area contributed by atoms with E-state index in [2.05, 4.69) is 110 Å². The van der Waals surface area contributed by atoms with E-state index < -0.39 is 31.7 Å². The molecule has 4 aliphatic rings. The second kappa shape index (κ2) is 11.9. The third-order valence-electron chi connectivity index (χ3n) is 12.7. The highest BCUT2D eigenvalue weighted by Gasteiger charge is 2.53. The van der Waals surface area contributed by atoms with E-state index in [1.165, 1.54) is 35.7 Å². The summed E-state index contributed by atoms with van der Waals surface area (Å²) in [5, 5.41) is -0.357. The van der Waals surface area contributed by atoms with Crippen LogP contribution < -0.4 is 0 Å². The van der Waals surface area contributed by atoms with E-state index in [1.807, 2.05) is 0 Å². The molecular weight excluding hydrogens is 688 g/mol. The normalized spacial score (nSPS) is 35.8. The lowest BCUT2D eigenvalue weighted by molar-refractivity contribution is 0.0978. The minimum atomic E-state index is -3.33. The van der Waals surface area contributed by atoms with Crippen molar-refractivity contribution in [3.05, 3.63) is 22.8 Å². The van der Waals surface area contributed by atoms with Crippen LogP contribution in [0, 0.1) is 23.2 Å². The predicted molar refractivity (Wildman–Crippen MR) is 192 cm³/mol. The van der Waals surface area contributed by atoms with Crippen LogP contribution in [0.15, 0.2) is 22.8 Å².